The maximum Gasteiger partial charge on any atom is 0.318 e. The normalized spacial score (nSPS) is 28.0. The van der Waals surface area contributed by atoms with Gasteiger partial charge in [-0.1, -0.05) is 50.1 Å². The highest BCUT2D eigenvalue weighted by atomic mass is 19.3. The monoisotopic (exact) mass is 488 g/mol. The van der Waals surface area contributed by atoms with Gasteiger partial charge in [-0.15, -0.1) is 6.58 Å². The van der Waals surface area contributed by atoms with E-state index in [1.165, 1.54) is 5.56 Å². The molecule has 2 aliphatic rings. The molecule has 0 amide bonds. The molecule has 0 heterocycles. The summed E-state index contributed by atoms with van der Waals surface area (Å²) in [5.41, 5.74) is 2.33. The molecule has 0 spiro atoms. The molecule has 34 heavy (non-hydrogen) atoms. The summed E-state index contributed by atoms with van der Waals surface area (Å²) in [7, 11) is 0. The highest BCUT2D eigenvalue weighted by Gasteiger charge is 2.70. The third-order valence-electron chi connectivity index (χ3n) is 8.12. The predicted octanol–water partition coefficient (Wildman–Crippen LogP) is 9.28. The van der Waals surface area contributed by atoms with Crippen LogP contribution in [0.5, 0.6) is 0 Å². The van der Waals surface area contributed by atoms with E-state index in [0.29, 0.717) is 25.7 Å². The molecule has 0 aromatic heterocycles. The Bertz CT molecular complexity index is 777. The van der Waals surface area contributed by atoms with Crippen LogP contribution in [0.1, 0.15) is 82.3 Å². The third-order valence-corrected chi connectivity index (χ3v) is 8.12. The quantitative estimate of drug-likeness (QED) is 0.227. The number of rotatable bonds is 10. The fourth-order valence-corrected chi connectivity index (χ4v) is 6.04. The molecule has 0 saturated heterocycles. The van der Waals surface area contributed by atoms with E-state index in [4.69, 9.17) is 0 Å². The molecular weight excluding hydrogens is 450 g/mol. The molecule has 2 fully saturated rings. The lowest BCUT2D eigenvalue weighted by Gasteiger charge is -2.45. The van der Waals surface area contributed by atoms with Crippen LogP contribution in [0.25, 0.3) is 0 Å². The van der Waals surface area contributed by atoms with Gasteiger partial charge in [0.2, 0.25) is 0 Å². The fourth-order valence-electron chi connectivity index (χ4n) is 6.04. The van der Waals surface area contributed by atoms with E-state index in [1.54, 1.807) is 0 Å². The lowest BCUT2D eigenvalue weighted by molar-refractivity contribution is -0.305. The van der Waals surface area contributed by atoms with Gasteiger partial charge in [0.15, 0.2) is 0 Å². The summed E-state index contributed by atoms with van der Waals surface area (Å²) in [6, 6.07) is 8.19. The number of hydrogen-bond acceptors (Lipinski definition) is 0. The van der Waals surface area contributed by atoms with Crippen molar-refractivity contribution in [1.29, 1.82) is 0 Å². The van der Waals surface area contributed by atoms with E-state index in [-0.39, 0.29) is 31.1 Å². The second-order valence-electron chi connectivity index (χ2n) is 10.6. The number of aryl methyl sites for hydroxylation is 1. The van der Waals surface area contributed by atoms with Crippen molar-refractivity contribution in [1.82, 2.24) is 0 Å². The van der Waals surface area contributed by atoms with Gasteiger partial charge in [0.05, 0.1) is 5.92 Å². The maximum atomic E-state index is 15.0. The zero-order chi connectivity index (χ0) is 25.0. The van der Waals surface area contributed by atoms with Crippen molar-refractivity contribution >= 4 is 0 Å². The van der Waals surface area contributed by atoms with Crippen LogP contribution < -0.4 is 0 Å². The van der Waals surface area contributed by atoms with Gasteiger partial charge in [0.1, 0.15) is 0 Å². The number of halogens is 6. The van der Waals surface area contributed by atoms with Gasteiger partial charge in [0.25, 0.3) is 5.92 Å². The zero-order valence-corrected chi connectivity index (χ0v) is 20.2. The molecule has 0 bridgehead atoms. The summed E-state index contributed by atoms with van der Waals surface area (Å²) >= 11 is 0. The fraction of sp³-hybridized carbons (Fsp3) is 0.714. The lowest BCUT2D eigenvalue weighted by atomic mass is 9.69. The Morgan fingerprint density at radius 3 is 2.00 bits per heavy atom. The van der Waals surface area contributed by atoms with Gasteiger partial charge >= 0.3 is 11.8 Å². The Morgan fingerprint density at radius 2 is 1.44 bits per heavy atom. The highest BCUT2D eigenvalue weighted by molar-refractivity contribution is 5.24. The second-order valence-corrected chi connectivity index (χ2v) is 10.6. The largest absolute Gasteiger partial charge is 0.318 e. The van der Waals surface area contributed by atoms with Crippen LogP contribution in [0.15, 0.2) is 36.9 Å². The Kier molecular flexibility index (Phi) is 8.84. The van der Waals surface area contributed by atoms with E-state index >= 15 is 8.78 Å². The molecule has 2 unspecified atom stereocenters. The number of allylic oxidation sites excluding steroid dienone is 1. The van der Waals surface area contributed by atoms with E-state index in [1.807, 2.05) is 25.1 Å². The van der Waals surface area contributed by atoms with Gasteiger partial charge < -0.3 is 0 Å². The first-order chi connectivity index (χ1) is 16.0. The maximum absolute atomic E-state index is 15.0. The van der Waals surface area contributed by atoms with Gasteiger partial charge in [-0.05, 0) is 80.8 Å². The lowest BCUT2D eigenvalue weighted by Crippen LogP contribution is -2.58. The van der Waals surface area contributed by atoms with Crippen LogP contribution in [-0.2, 0) is 12.8 Å². The first-order valence-corrected chi connectivity index (χ1v) is 12.8. The number of benzene rings is 1. The van der Waals surface area contributed by atoms with E-state index in [9.17, 15) is 17.6 Å². The van der Waals surface area contributed by atoms with Crippen molar-refractivity contribution in [2.24, 2.45) is 23.7 Å². The molecule has 0 nitrogen and oxygen atoms in total. The van der Waals surface area contributed by atoms with Gasteiger partial charge in [-0.25, -0.2) is 8.78 Å². The van der Waals surface area contributed by atoms with Gasteiger partial charge in [0, 0.05) is 12.3 Å². The Morgan fingerprint density at radius 1 is 0.853 bits per heavy atom. The van der Waals surface area contributed by atoms with Crippen LogP contribution in [0.3, 0.4) is 0 Å². The van der Waals surface area contributed by atoms with Crippen molar-refractivity contribution < 1.29 is 26.3 Å². The standard InChI is InChI=1S/C28H38F6/c1-3-5-20-7-9-21(10-8-20)11-12-22-13-16-24(17-14-22)27(31,32)28(33,34)25-18-15-23(6-4-2)19-26(25,29)30/h3,7-10,22-25H,1,4-6,11-19H2,2H3. The number of hydrogen-bond donors (Lipinski definition) is 0. The van der Waals surface area contributed by atoms with E-state index < -0.39 is 42.4 Å². The molecule has 0 aliphatic heterocycles. The Balaban J connectivity index is 1.55. The van der Waals surface area contributed by atoms with E-state index in [2.05, 4.69) is 18.7 Å². The molecule has 1 aromatic rings. The topological polar surface area (TPSA) is 0 Å². The van der Waals surface area contributed by atoms with Crippen LogP contribution in [0, 0.1) is 23.7 Å². The minimum atomic E-state index is -4.70. The molecular formula is C28H38F6. The summed E-state index contributed by atoms with van der Waals surface area (Å²) in [5.74, 6) is -17.2. The molecule has 1 aromatic carbocycles. The summed E-state index contributed by atoms with van der Waals surface area (Å²) in [6.07, 6.45) is 5.18. The summed E-state index contributed by atoms with van der Waals surface area (Å²) in [4.78, 5) is 0. The van der Waals surface area contributed by atoms with Crippen molar-refractivity contribution in [3.8, 4) is 0 Å². The smallest absolute Gasteiger partial charge is 0.206 e. The molecule has 0 N–H and O–H groups in total. The molecule has 0 radical (unpaired) electrons. The first-order valence-electron chi connectivity index (χ1n) is 12.8. The van der Waals surface area contributed by atoms with Crippen LogP contribution in [-0.4, -0.2) is 17.8 Å². The van der Waals surface area contributed by atoms with Crippen molar-refractivity contribution in [2.75, 3.05) is 0 Å². The highest BCUT2D eigenvalue weighted by Crippen LogP contribution is 2.57. The zero-order valence-electron chi connectivity index (χ0n) is 20.2. The van der Waals surface area contributed by atoms with Gasteiger partial charge in [-0.2, -0.15) is 17.6 Å². The van der Waals surface area contributed by atoms with Crippen molar-refractivity contribution in [3.63, 3.8) is 0 Å². The Labute approximate surface area is 200 Å². The van der Waals surface area contributed by atoms with Gasteiger partial charge in [-0.3, -0.25) is 0 Å². The third kappa shape index (κ3) is 6.02. The number of alkyl halides is 6. The average Bonchev–Trinajstić information content (AvgIpc) is 2.78. The molecule has 6 heteroatoms. The van der Waals surface area contributed by atoms with E-state index in [0.717, 1.165) is 24.8 Å². The summed E-state index contributed by atoms with van der Waals surface area (Å²) < 4.78 is 89.3. The minimum absolute atomic E-state index is 0.0394. The summed E-state index contributed by atoms with van der Waals surface area (Å²) in [6.45, 7) is 5.57. The van der Waals surface area contributed by atoms with Crippen LogP contribution in [0.4, 0.5) is 26.3 Å². The Hall–Kier alpha value is -1.46. The second kappa shape index (κ2) is 11.1. The first kappa shape index (κ1) is 27.1. The van der Waals surface area contributed by atoms with Crippen molar-refractivity contribution in [2.45, 2.75) is 102 Å². The molecule has 2 atom stereocenters. The van der Waals surface area contributed by atoms with Crippen LogP contribution in [0.2, 0.25) is 0 Å². The molecule has 192 valence electrons. The molecule has 3 rings (SSSR count). The average molecular weight is 489 g/mol. The molecule has 2 aliphatic carbocycles. The minimum Gasteiger partial charge on any atom is -0.206 e. The van der Waals surface area contributed by atoms with Crippen molar-refractivity contribution in [3.05, 3.63) is 48.0 Å². The predicted molar refractivity (Wildman–Crippen MR) is 125 cm³/mol. The SMILES string of the molecule is C=CCc1ccc(CCC2CCC(C(F)(F)C(F)(F)C3CCC(CCC)CC3(F)F)CC2)cc1. The summed E-state index contributed by atoms with van der Waals surface area (Å²) in [5, 5.41) is 0. The molecule has 2 saturated carbocycles. The van der Waals surface area contributed by atoms with Crippen LogP contribution >= 0.6 is 0 Å².